The Kier molecular flexibility index (Phi) is 12.9. The van der Waals surface area contributed by atoms with Gasteiger partial charge in [0, 0.05) is 0 Å². The molecule has 0 aromatic heterocycles. The van der Waals surface area contributed by atoms with Crippen LogP contribution in [-0.4, -0.2) is 65.1 Å². The van der Waals surface area contributed by atoms with Crippen LogP contribution < -0.4 is 37.9 Å². The molecule has 4 aromatic rings. The Hall–Kier alpha value is -4.84. The highest BCUT2D eigenvalue weighted by molar-refractivity contribution is 5.48. The van der Waals surface area contributed by atoms with Crippen LogP contribution in [-0.2, 0) is 4.74 Å². The van der Waals surface area contributed by atoms with E-state index < -0.39 is 24.4 Å². The molecule has 0 bridgehead atoms. The normalized spacial score (nSPS) is 20.5. The highest BCUT2D eigenvalue weighted by Gasteiger charge is 2.41. The van der Waals surface area contributed by atoms with Gasteiger partial charge in [-0.15, -0.1) is 0 Å². The smallest absolute Gasteiger partial charge is 0.161 e. The summed E-state index contributed by atoms with van der Waals surface area (Å²) in [6.45, 7) is 7.96. The number of benzene rings is 4. The van der Waals surface area contributed by atoms with Crippen molar-refractivity contribution >= 4 is 0 Å². The molecule has 1 aliphatic rings. The van der Waals surface area contributed by atoms with E-state index in [2.05, 4.69) is 13.8 Å². The van der Waals surface area contributed by atoms with Crippen LogP contribution in [0, 0.1) is 11.8 Å². The van der Waals surface area contributed by atoms with Gasteiger partial charge in [0.15, 0.2) is 46.0 Å². The maximum Gasteiger partial charge on any atom is 0.161 e. The number of rotatable bonds is 16. The number of aliphatic hydroxyl groups excluding tert-OH is 2. The molecule has 0 aliphatic carbocycles. The summed E-state index contributed by atoms with van der Waals surface area (Å²) in [7, 11) is 9.43. The molecule has 0 unspecified atom stereocenters. The van der Waals surface area contributed by atoms with E-state index in [9.17, 15) is 10.2 Å². The average Bonchev–Trinajstić information content (AvgIpc) is 3.49. The minimum atomic E-state index is -0.932. The highest BCUT2D eigenvalue weighted by Crippen LogP contribution is 2.51. The Morgan fingerprint density at radius 3 is 1.11 bits per heavy atom. The molecule has 1 fully saturated rings. The van der Waals surface area contributed by atoms with Crippen molar-refractivity contribution in [1.29, 1.82) is 0 Å². The van der Waals surface area contributed by atoms with Gasteiger partial charge in [-0.3, -0.25) is 0 Å². The van der Waals surface area contributed by atoms with Crippen molar-refractivity contribution < 1.29 is 52.8 Å². The van der Waals surface area contributed by atoms with Crippen molar-refractivity contribution in [3.8, 4) is 46.0 Å². The number of aliphatic hydroxyl groups is 2. The Morgan fingerprint density at radius 2 is 0.774 bits per heavy atom. The van der Waals surface area contributed by atoms with Crippen LogP contribution in [0.25, 0.3) is 0 Å². The molecular weight excluding hydrogens is 680 g/mol. The summed E-state index contributed by atoms with van der Waals surface area (Å²) >= 11 is 0. The summed E-state index contributed by atoms with van der Waals surface area (Å²) in [5, 5.41) is 22.2. The first-order chi connectivity index (χ1) is 25.5. The first-order valence-electron chi connectivity index (χ1n) is 17.6. The van der Waals surface area contributed by atoms with E-state index in [1.807, 2.05) is 36.4 Å². The molecular formula is C42H52O11. The topological polar surface area (TPSA) is 124 Å². The van der Waals surface area contributed by atoms with Crippen LogP contribution in [0.4, 0.5) is 0 Å². The van der Waals surface area contributed by atoms with E-state index in [0.717, 1.165) is 11.1 Å². The average molecular weight is 733 g/mol. The Balaban J connectivity index is 1.29. The number of hydrogen-bond acceptors (Lipinski definition) is 11. The van der Waals surface area contributed by atoms with Gasteiger partial charge in [-0.1, -0.05) is 38.1 Å². The minimum absolute atomic E-state index is 0.167. The van der Waals surface area contributed by atoms with Crippen molar-refractivity contribution in [2.24, 2.45) is 11.8 Å². The molecule has 0 radical (unpaired) electrons. The number of methoxy groups -OCH3 is 6. The van der Waals surface area contributed by atoms with Crippen LogP contribution in [0.5, 0.6) is 46.0 Å². The Labute approximate surface area is 312 Å². The second-order valence-corrected chi connectivity index (χ2v) is 13.3. The van der Waals surface area contributed by atoms with Crippen LogP contribution in [0.3, 0.4) is 0 Å². The maximum absolute atomic E-state index is 11.1. The second kappa shape index (κ2) is 17.3. The summed E-state index contributed by atoms with van der Waals surface area (Å²) < 4.78 is 52.2. The largest absolute Gasteiger partial charge is 0.493 e. The van der Waals surface area contributed by atoms with Crippen molar-refractivity contribution in [2.45, 2.75) is 64.3 Å². The van der Waals surface area contributed by atoms with E-state index in [0.29, 0.717) is 57.1 Å². The predicted molar refractivity (Wildman–Crippen MR) is 200 cm³/mol. The van der Waals surface area contributed by atoms with Crippen molar-refractivity contribution in [3.63, 3.8) is 0 Å². The lowest BCUT2D eigenvalue weighted by Crippen LogP contribution is -2.22. The summed E-state index contributed by atoms with van der Waals surface area (Å²) in [5.41, 5.74) is 3.18. The fraction of sp³-hybridized carbons (Fsp3) is 0.429. The zero-order valence-electron chi connectivity index (χ0n) is 32.1. The van der Waals surface area contributed by atoms with Crippen LogP contribution >= 0.6 is 0 Å². The van der Waals surface area contributed by atoms with Gasteiger partial charge in [0.1, 0.15) is 24.4 Å². The molecule has 0 saturated carbocycles. The van der Waals surface area contributed by atoms with Crippen LogP contribution in [0.15, 0.2) is 72.8 Å². The van der Waals surface area contributed by atoms with Gasteiger partial charge < -0.3 is 52.8 Å². The third kappa shape index (κ3) is 8.38. The van der Waals surface area contributed by atoms with E-state index in [4.69, 9.17) is 42.6 Å². The Morgan fingerprint density at radius 1 is 0.453 bits per heavy atom. The SMILES string of the molecule is COc1ccc([C@@H](O)[C@H](C)Oc2ccc([C@H]3O[C@H](c4ccc(O[C@@H](C)[C@H](O)c5ccc(OC)c(OC)c5)c(OC)c4)[C@H](C)[C@H]3C)cc2OC)cc1OC. The standard InChI is InChI=1S/C42H52O11/c1-23-24(2)42(30-14-18-34(38(22-30)50-10)52-26(4)40(44)28-12-16-32(46-6)36(20-28)48-8)53-41(23)29-13-17-33(37(21-29)49-9)51-25(3)39(43)27-11-15-31(45-5)35(19-27)47-7/h11-26,39-44H,1-10H3/t23-,24-,25+,26+,39+,40+,41+,42+/m1/s1. The lowest BCUT2D eigenvalue weighted by atomic mass is 9.85. The molecule has 1 saturated heterocycles. The lowest BCUT2D eigenvalue weighted by Gasteiger charge is -2.24. The molecule has 5 rings (SSSR count). The fourth-order valence-electron chi connectivity index (χ4n) is 6.78. The molecule has 0 spiro atoms. The fourth-order valence-corrected chi connectivity index (χ4v) is 6.78. The summed E-state index contributed by atoms with van der Waals surface area (Å²) in [5.74, 6) is 4.62. The molecule has 1 aliphatic heterocycles. The number of hydrogen-bond donors (Lipinski definition) is 2. The van der Waals surface area contributed by atoms with Crippen LogP contribution in [0.2, 0.25) is 0 Å². The van der Waals surface area contributed by atoms with Crippen molar-refractivity contribution in [1.82, 2.24) is 0 Å². The van der Waals surface area contributed by atoms with E-state index in [1.54, 1.807) is 92.9 Å². The molecule has 53 heavy (non-hydrogen) atoms. The van der Waals surface area contributed by atoms with E-state index in [-0.39, 0.29) is 24.0 Å². The van der Waals surface area contributed by atoms with Gasteiger partial charge in [0.25, 0.3) is 0 Å². The highest BCUT2D eigenvalue weighted by atomic mass is 16.5. The predicted octanol–water partition coefficient (Wildman–Crippen LogP) is 7.82. The van der Waals surface area contributed by atoms with Crippen molar-refractivity contribution in [3.05, 3.63) is 95.1 Å². The molecule has 0 amide bonds. The van der Waals surface area contributed by atoms with Gasteiger partial charge >= 0.3 is 0 Å². The first kappa shape index (κ1) is 39.4. The second-order valence-electron chi connectivity index (χ2n) is 13.3. The van der Waals surface area contributed by atoms with E-state index in [1.165, 1.54) is 0 Å². The maximum atomic E-state index is 11.1. The third-order valence-corrected chi connectivity index (χ3v) is 10.1. The zero-order chi connectivity index (χ0) is 38.4. The molecule has 286 valence electrons. The molecule has 4 aromatic carbocycles. The van der Waals surface area contributed by atoms with Gasteiger partial charge in [-0.25, -0.2) is 0 Å². The summed E-state index contributed by atoms with van der Waals surface area (Å²) in [6, 6.07) is 22.1. The summed E-state index contributed by atoms with van der Waals surface area (Å²) in [6.07, 6.45) is -3.49. The van der Waals surface area contributed by atoms with Gasteiger partial charge in [-0.2, -0.15) is 0 Å². The lowest BCUT2D eigenvalue weighted by molar-refractivity contribution is 0.0281. The molecule has 11 nitrogen and oxygen atoms in total. The monoisotopic (exact) mass is 732 g/mol. The summed E-state index contributed by atoms with van der Waals surface area (Å²) in [4.78, 5) is 0. The van der Waals surface area contributed by atoms with Gasteiger partial charge in [0.2, 0.25) is 0 Å². The first-order valence-corrected chi connectivity index (χ1v) is 17.6. The quantitative estimate of drug-likeness (QED) is 0.117. The van der Waals surface area contributed by atoms with Crippen molar-refractivity contribution in [2.75, 3.05) is 42.7 Å². The minimum Gasteiger partial charge on any atom is -0.493 e. The van der Waals surface area contributed by atoms with Gasteiger partial charge in [-0.05, 0) is 96.5 Å². The Bertz CT molecular complexity index is 1700. The van der Waals surface area contributed by atoms with E-state index >= 15 is 0 Å². The third-order valence-electron chi connectivity index (χ3n) is 10.1. The molecule has 8 atom stereocenters. The van der Waals surface area contributed by atoms with Gasteiger partial charge in [0.05, 0.1) is 54.9 Å². The molecule has 11 heteroatoms. The zero-order valence-corrected chi connectivity index (χ0v) is 32.1. The molecule has 2 N–H and O–H groups in total. The van der Waals surface area contributed by atoms with Crippen LogP contribution in [0.1, 0.15) is 74.4 Å². The molecule has 1 heterocycles. The number of ether oxygens (including phenoxy) is 9.